The molecule has 0 aliphatic rings. The number of carboxylic acid groups (broad SMARTS) is 1. The maximum atomic E-state index is 11.0. The third-order valence-corrected chi connectivity index (χ3v) is 3.55. The molecular formula is C16H24O3. The average Bonchev–Trinajstić information content (AvgIpc) is 2.30. The highest BCUT2D eigenvalue weighted by Gasteiger charge is 2.26. The maximum Gasteiger partial charge on any atom is 0.309 e. The molecule has 19 heavy (non-hydrogen) atoms. The first-order valence-corrected chi connectivity index (χ1v) is 6.68. The second kappa shape index (κ2) is 6.09. The van der Waals surface area contributed by atoms with Crippen molar-refractivity contribution in [2.75, 3.05) is 6.61 Å². The summed E-state index contributed by atoms with van der Waals surface area (Å²) in [6, 6.07) is 4.17. The van der Waals surface area contributed by atoms with E-state index in [-0.39, 0.29) is 0 Å². The van der Waals surface area contributed by atoms with Crippen LogP contribution < -0.4 is 4.74 Å². The van der Waals surface area contributed by atoms with Crippen LogP contribution >= 0.6 is 0 Å². The van der Waals surface area contributed by atoms with E-state index in [0.717, 1.165) is 17.7 Å². The summed E-state index contributed by atoms with van der Waals surface area (Å²) in [5.41, 5.74) is 2.88. The van der Waals surface area contributed by atoms with Crippen molar-refractivity contribution in [1.29, 1.82) is 0 Å². The quantitative estimate of drug-likeness (QED) is 0.793. The van der Waals surface area contributed by atoms with Crippen LogP contribution in [-0.4, -0.2) is 17.7 Å². The summed E-state index contributed by atoms with van der Waals surface area (Å²) >= 11 is 0. The molecule has 3 heteroatoms. The molecule has 0 fully saturated rings. The molecule has 0 heterocycles. The van der Waals surface area contributed by atoms with Gasteiger partial charge in [0.2, 0.25) is 0 Å². The Morgan fingerprint density at radius 1 is 1.26 bits per heavy atom. The van der Waals surface area contributed by atoms with E-state index in [4.69, 9.17) is 9.84 Å². The molecule has 3 nitrogen and oxygen atoms in total. The molecule has 0 unspecified atom stereocenters. The Morgan fingerprint density at radius 2 is 1.89 bits per heavy atom. The lowest BCUT2D eigenvalue weighted by atomic mass is 9.88. The first kappa shape index (κ1) is 15.5. The van der Waals surface area contributed by atoms with E-state index >= 15 is 0 Å². The van der Waals surface area contributed by atoms with Gasteiger partial charge < -0.3 is 9.84 Å². The van der Waals surface area contributed by atoms with Gasteiger partial charge in [-0.15, -0.1) is 0 Å². The van der Waals surface area contributed by atoms with Crippen molar-refractivity contribution in [3.8, 4) is 5.75 Å². The molecule has 0 radical (unpaired) electrons. The van der Waals surface area contributed by atoms with Crippen molar-refractivity contribution in [2.24, 2.45) is 5.41 Å². The van der Waals surface area contributed by atoms with Gasteiger partial charge in [-0.05, 0) is 70.2 Å². The second-order valence-electron chi connectivity index (χ2n) is 5.85. The summed E-state index contributed by atoms with van der Waals surface area (Å²) in [5, 5.41) is 9.03. The van der Waals surface area contributed by atoms with Gasteiger partial charge >= 0.3 is 5.97 Å². The van der Waals surface area contributed by atoms with Crippen molar-refractivity contribution < 1.29 is 14.6 Å². The number of hydrogen-bond donors (Lipinski definition) is 1. The second-order valence-corrected chi connectivity index (χ2v) is 5.85. The topological polar surface area (TPSA) is 46.5 Å². The molecule has 0 spiro atoms. The van der Waals surface area contributed by atoms with Crippen LogP contribution in [0.25, 0.3) is 0 Å². The van der Waals surface area contributed by atoms with Crippen LogP contribution in [0.4, 0.5) is 0 Å². The van der Waals surface area contributed by atoms with Crippen LogP contribution in [0.5, 0.6) is 5.75 Å². The molecule has 0 saturated carbocycles. The van der Waals surface area contributed by atoms with Crippen molar-refractivity contribution >= 4 is 5.97 Å². The van der Waals surface area contributed by atoms with E-state index in [0.29, 0.717) is 13.0 Å². The van der Waals surface area contributed by atoms with E-state index in [1.807, 2.05) is 19.9 Å². The molecule has 1 aromatic rings. The number of benzene rings is 1. The van der Waals surface area contributed by atoms with Gasteiger partial charge in [0.1, 0.15) is 5.75 Å². The molecule has 1 rings (SSSR count). The fraction of sp³-hybridized carbons (Fsp3) is 0.562. The summed E-state index contributed by atoms with van der Waals surface area (Å²) in [5.74, 6) is 0.153. The third-order valence-electron chi connectivity index (χ3n) is 3.55. The van der Waals surface area contributed by atoms with E-state index in [1.54, 1.807) is 13.8 Å². The number of aryl methyl sites for hydroxylation is 2. The summed E-state index contributed by atoms with van der Waals surface area (Å²) < 4.78 is 5.78. The van der Waals surface area contributed by atoms with Crippen LogP contribution in [0.15, 0.2) is 12.1 Å². The molecule has 1 aromatic carbocycles. The Bertz CT molecular complexity index is 461. The molecular weight excluding hydrogens is 240 g/mol. The number of hydrogen-bond acceptors (Lipinski definition) is 2. The van der Waals surface area contributed by atoms with Crippen molar-refractivity contribution in [3.05, 3.63) is 28.8 Å². The van der Waals surface area contributed by atoms with Crippen molar-refractivity contribution in [1.82, 2.24) is 0 Å². The van der Waals surface area contributed by atoms with Crippen LogP contribution in [0.1, 0.15) is 43.4 Å². The lowest BCUT2D eigenvalue weighted by molar-refractivity contribution is -0.147. The molecule has 0 aliphatic heterocycles. The van der Waals surface area contributed by atoms with Crippen molar-refractivity contribution in [2.45, 2.75) is 47.5 Å². The third kappa shape index (κ3) is 4.27. The zero-order valence-electron chi connectivity index (χ0n) is 12.5. The van der Waals surface area contributed by atoms with Gasteiger partial charge in [-0.1, -0.05) is 6.07 Å². The van der Waals surface area contributed by atoms with Gasteiger partial charge in [0.25, 0.3) is 0 Å². The Hall–Kier alpha value is -1.51. The minimum absolute atomic E-state index is 0.556. The van der Waals surface area contributed by atoms with E-state index in [9.17, 15) is 4.79 Å². The fourth-order valence-corrected chi connectivity index (χ4v) is 1.95. The largest absolute Gasteiger partial charge is 0.493 e. The number of carboxylic acids is 1. The predicted octanol–water partition coefficient (Wildman–Crippen LogP) is 3.88. The number of ether oxygens (including phenoxy) is 1. The van der Waals surface area contributed by atoms with Crippen LogP contribution in [0, 0.1) is 26.2 Å². The zero-order chi connectivity index (χ0) is 14.6. The average molecular weight is 264 g/mol. The van der Waals surface area contributed by atoms with Crippen LogP contribution in [0.3, 0.4) is 0 Å². The fourth-order valence-electron chi connectivity index (χ4n) is 1.95. The molecule has 106 valence electrons. The molecule has 0 aromatic heterocycles. The molecule has 1 N–H and O–H groups in total. The lowest BCUT2D eigenvalue weighted by Gasteiger charge is -2.19. The molecule has 0 atom stereocenters. The van der Waals surface area contributed by atoms with Gasteiger partial charge in [-0.2, -0.15) is 0 Å². The Kier molecular flexibility index (Phi) is 4.98. The highest BCUT2D eigenvalue weighted by atomic mass is 16.5. The predicted molar refractivity (Wildman–Crippen MR) is 76.8 cm³/mol. The number of carbonyl (C=O) groups is 1. The molecule has 0 saturated heterocycles. The van der Waals surface area contributed by atoms with Crippen molar-refractivity contribution in [3.63, 3.8) is 0 Å². The summed E-state index contributed by atoms with van der Waals surface area (Å²) in [6.07, 6.45) is 1.36. The van der Waals surface area contributed by atoms with Gasteiger partial charge in [0.15, 0.2) is 0 Å². The van der Waals surface area contributed by atoms with E-state index in [1.165, 1.54) is 11.1 Å². The first-order valence-electron chi connectivity index (χ1n) is 6.68. The smallest absolute Gasteiger partial charge is 0.309 e. The van der Waals surface area contributed by atoms with E-state index < -0.39 is 11.4 Å². The Balaban J connectivity index is 2.53. The first-order chi connectivity index (χ1) is 8.74. The lowest BCUT2D eigenvalue weighted by Crippen LogP contribution is -2.24. The SMILES string of the molecule is Cc1cc(C)c(C)c(OCCCC(C)(C)C(=O)O)c1. The van der Waals surface area contributed by atoms with Gasteiger partial charge in [0.05, 0.1) is 12.0 Å². The summed E-state index contributed by atoms with van der Waals surface area (Å²) in [4.78, 5) is 11.0. The molecule has 0 aliphatic carbocycles. The van der Waals surface area contributed by atoms with E-state index in [2.05, 4.69) is 13.0 Å². The molecule has 0 bridgehead atoms. The minimum atomic E-state index is -0.755. The number of aliphatic carboxylic acids is 1. The zero-order valence-corrected chi connectivity index (χ0v) is 12.5. The highest BCUT2D eigenvalue weighted by molar-refractivity contribution is 5.73. The maximum absolute atomic E-state index is 11.0. The summed E-state index contributed by atoms with van der Waals surface area (Å²) in [7, 11) is 0. The summed E-state index contributed by atoms with van der Waals surface area (Å²) in [6.45, 7) is 10.2. The van der Waals surface area contributed by atoms with Gasteiger partial charge in [-0.25, -0.2) is 0 Å². The van der Waals surface area contributed by atoms with Gasteiger partial charge in [-0.3, -0.25) is 4.79 Å². The Labute approximate surface area is 115 Å². The monoisotopic (exact) mass is 264 g/mol. The molecule has 0 amide bonds. The Morgan fingerprint density at radius 3 is 2.47 bits per heavy atom. The minimum Gasteiger partial charge on any atom is -0.493 e. The highest BCUT2D eigenvalue weighted by Crippen LogP contribution is 2.25. The van der Waals surface area contributed by atoms with Crippen LogP contribution in [0.2, 0.25) is 0 Å². The normalized spacial score (nSPS) is 11.4. The standard InChI is InChI=1S/C16H24O3/c1-11-9-12(2)13(3)14(10-11)19-8-6-7-16(4,5)15(17)18/h9-10H,6-8H2,1-5H3,(H,17,18). The number of rotatable bonds is 6. The van der Waals surface area contributed by atoms with Crippen LogP contribution in [-0.2, 0) is 4.79 Å². The van der Waals surface area contributed by atoms with Gasteiger partial charge in [0, 0.05) is 0 Å².